The van der Waals surface area contributed by atoms with Crippen molar-refractivity contribution in [2.45, 2.75) is 25.7 Å². The van der Waals surface area contributed by atoms with Crippen LogP contribution in [0.15, 0.2) is 0 Å². The summed E-state index contributed by atoms with van der Waals surface area (Å²) in [5.41, 5.74) is 5.24. The van der Waals surface area contributed by atoms with Crippen LogP contribution in [0.1, 0.15) is 25.7 Å². The predicted octanol–water partition coefficient (Wildman–Crippen LogP) is -0.610. The van der Waals surface area contributed by atoms with Gasteiger partial charge in [0.25, 0.3) is 0 Å². The summed E-state index contributed by atoms with van der Waals surface area (Å²) in [4.78, 5) is 33.3. The Labute approximate surface area is 88.4 Å². The lowest BCUT2D eigenvalue weighted by molar-refractivity contribution is -0.139. The van der Waals surface area contributed by atoms with Crippen LogP contribution in [-0.2, 0) is 14.4 Å². The third kappa shape index (κ3) is 3.79. The minimum Gasteiger partial charge on any atom is -0.355 e. The van der Waals surface area contributed by atoms with Crippen molar-refractivity contribution < 1.29 is 14.4 Å². The molecule has 5 heteroatoms. The van der Waals surface area contributed by atoms with Gasteiger partial charge in [-0.15, -0.1) is 0 Å². The molecule has 0 aliphatic heterocycles. The van der Waals surface area contributed by atoms with Crippen molar-refractivity contribution in [2.24, 2.45) is 11.7 Å². The van der Waals surface area contributed by atoms with E-state index in [0.29, 0.717) is 25.9 Å². The van der Waals surface area contributed by atoms with Gasteiger partial charge in [0.15, 0.2) is 11.6 Å². The van der Waals surface area contributed by atoms with Crippen molar-refractivity contribution in [3.05, 3.63) is 0 Å². The van der Waals surface area contributed by atoms with Gasteiger partial charge in [-0.3, -0.25) is 14.4 Å². The SMILES string of the molecule is NCCNC(=O)CC1CCC(=O)C(=O)C1. The maximum atomic E-state index is 11.3. The Morgan fingerprint density at radius 1 is 1.40 bits per heavy atom. The Bertz CT molecular complexity index is 276. The summed E-state index contributed by atoms with van der Waals surface area (Å²) in [5, 5.41) is 2.65. The first-order valence-corrected chi connectivity index (χ1v) is 5.16. The lowest BCUT2D eigenvalue weighted by Gasteiger charge is -2.19. The van der Waals surface area contributed by atoms with Crippen LogP contribution in [-0.4, -0.2) is 30.6 Å². The van der Waals surface area contributed by atoms with Crippen molar-refractivity contribution in [1.29, 1.82) is 0 Å². The van der Waals surface area contributed by atoms with Gasteiger partial charge in [-0.05, 0) is 12.3 Å². The van der Waals surface area contributed by atoms with Gasteiger partial charge >= 0.3 is 0 Å². The molecule has 0 aromatic carbocycles. The normalized spacial score (nSPS) is 21.5. The van der Waals surface area contributed by atoms with Crippen LogP contribution in [0, 0.1) is 5.92 Å². The maximum absolute atomic E-state index is 11.3. The van der Waals surface area contributed by atoms with Gasteiger partial charge in [0.2, 0.25) is 5.91 Å². The van der Waals surface area contributed by atoms with Gasteiger partial charge in [-0.1, -0.05) is 0 Å². The summed E-state index contributed by atoms with van der Waals surface area (Å²) in [6, 6.07) is 0. The van der Waals surface area contributed by atoms with E-state index >= 15 is 0 Å². The van der Waals surface area contributed by atoms with E-state index in [9.17, 15) is 14.4 Å². The lowest BCUT2D eigenvalue weighted by atomic mass is 9.85. The van der Waals surface area contributed by atoms with E-state index in [4.69, 9.17) is 5.73 Å². The monoisotopic (exact) mass is 212 g/mol. The predicted molar refractivity (Wildman–Crippen MR) is 54.0 cm³/mol. The molecule has 1 atom stereocenters. The first kappa shape index (κ1) is 11.8. The fourth-order valence-corrected chi connectivity index (χ4v) is 1.67. The zero-order valence-electron chi connectivity index (χ0n) is 8.62. The van der Waals surface area contributed by atoms with Crippen LogP contribution in [0.4, 0.5) is 0 Å². The Balaban J connectivity index is 2.30. The smallest absolute Gasteiger partial charge is 0.220 e. The quantitative estimate of drug-likeness (QED) is 0.608. The molecule has 0 bridgehead atoms. The van der Waals surface area contributed by atoms with Crippen molar-refractivity contribution >= 4 is 17.5 Å². The highest BCUT2D eigenvalue weighted by Crippen LogP contribution is 2.22. The van der Waals surface area contributed by atoms with Gasteiger partial charge in [-0.25, -0.2) is 0 Å². The molecule has 0 heterocycles. The average Bonchev–Trinajstić information content (AvgIpc) is 2.20. The average molecular weight is 212 g/mol. The molecule has 0 aromatic rings. The second-order valence-electron chi connectivity index (χ2n) is 3.80. The second-order valence-corrected chi connectivity index (χ2v) is 3.80. The molecular formula is C10H16N2O3. The van der Waals surface area contributed by atoms with Gasteiger partial charge in [0, 0.05) is 32.4 Å². The number of nitrogens with two attached hydrogens (primary N) is 1. The summed E-state index contributed by atoms with van der Waals surface area (Å²) in [7, 11) is 0. The summed E-state index contributed by atoms with van der Waals surface area (Å²) < 4.78 is 0. The first-order valence-electron chi connectivity index (χ1n) is 5.16. The van der Waals surface area contributed by atoms with E-state index in [1.165, 1.54) is 0 Å². The molecule has 84 valence electrons. The summed E-state index contributed by atoms with van der Waals surface area (Å²) >= 11 is 0. The molecule has 1 aliphatic rings. The number of carbonyl (C=O) groups is 3. The molecule has 15 heavy (non-hydrogen) atoms. The van der Waals surface area contributed by atoms with Gasteiger partial charge in [0.05, 0.1) is 0 Å². The number of carbonyl (C=O) groups excluding carboxylic acids is 3. The van der Waals surface area contributed by atoms with Gasteiger partial charge in [0.1, 0.15) is 0 Å². The lowest BCUT2D eigenvalue weighted by Crippen LogP contribution is -2.33. The molecule has 0 radical (unpaired) electrons. The van der Waals surface area contributed by atoms with E-state index < -0.39 is 0 Å². The Morgan fingerprint density at radius 3 is 2.73 bits per heavy atom. The van der Waals surface area contributed by atoms with E-state index in [0.717, 1.165) is 0 Å². The third-order valence-electron chi connectivity index (χ3n) is 2.51. The van der Waals surface area contributed by atoms with Crippen molar-refractivity contribution in [3.8, 4) is 0 Å². The zero-order chi connectivity index (χ0) is 11.3. The van der Waals surface area contributed by atoms with Crippen LogP contribution in [0.5, 0.6) is 0 Å². The largest absolute Gasteiger partial charge is 0.355 e. The van der Waals surface area contributed by atoms with Crippen LogP contribution in [0.3, 0.4) is 0 Å². The Morgan fingerprint density at radius 2 is 2.13 bits per heavy atom. The summed E-state index contributed by atoms with van der Waals surface area (Å²) in [6.07, 6.45) is 1.46. The highest BCUT2D eigenvalue weighted by molar-refractivity contribution is 6.37. The third-order valence-corrected chi connectivity index (χ3v) is 2.51. The summed E-state index contributed by atoms with van der Waals surface area (Å²) in [6.45, 7) is 0.867. The molecule has 1 amide bonds. The minimum atomic E-state index is -0.335. The Hall–Kier alpha value is -1.23. The number of ketones is 2. The first-order chi connectivity index (χ1) is 7.13. The topological polar surface area (TPSA) is 89.3 Å². The number of hydrogen-bond acceptors (Lipinski definition) is 4. The van der Waals surface area contributed by atoms with Crippen molar-refractivity contribution in [2.75, 3.05) is 13.1 Å². The second kappa shape index (κ2) is 5.60. The molecule has 0 aromatic heterocycles. The number of nitrogens with one attached hydrogen (secondary N) is 1. The van der Waals surface area contributed by atoms with E-state index in [-0.39, 0.29) is 36.2 Å². The standard InChI is InChI=1S/C10H16N2O3/c11-3-4-12-10(15)6-7-1-2-8(13)9(14)5-7/h7H,1-6,11H2,(H,12,15). The molecule has 0 spiro atoms. The molecule has 1 rings (SSSR count). The maximum Gasteiger partial charge on any atom is 0.220 e. The minimum absolute atomic E-state index is 0.0213. The number of rotatable bonds is 4. The zero-order valence-corrected chi connectivity index (χ0v) is 8.62. The van der Waals surface area contributed by atoms with E-state index in [2.05, 4.69) is 5.32 Å². The molecule has 1 unspecified atom stereocenters. The Kier molecular flexibility index (Phi) is 4.42. The molecule has 1 fully saturated rings. The molecule has 5 nitrogen and oxygen atoms in total. The van der Waals surface area contributed by atoms with Crippen molar-refractivity contribution in [3.63, 3.8) is 0 Å². The van der Waals surface area contributed by atoms with Gasteiger partial charge in [-0.2, -0.15) is 0 Å². The molecular weight excluding hydrogens is 196 g/mol. The fourth-order valence-electron chi connectivity index (χ4n) is 1.67. The van der Waals surface area contributed by atoms with Crippen molar-refractivity contribution in [1.82, 2.24) is 5.32 Å². The highest BCUT2D eigenvalue weighted by atomic mass is 16.2. The van der Waals surface area contributed by atoms with E-state index in [1.807, 2.05) is 0 Å². The van der Waals surface area contributed by atoms with Crippen LogP contribution >= 0.6 is 0 Å². The van der Waals surface area contributed by atoms with Crippen LogP contribution in [0.25, 0.3) is 0 Å². The molecule has 3 N–H and O–H groups in total. The highest BCUT2D eigenvalue weighted by Gasteiger charge is 2.27. The molecule has 0 saturated heterocycles. The van der Waals surface area contributed by atoms with Gasteiger partial charge < -0.3 is 11.1 Å². The number of Topliss-reactive ketones (excluding diaryl/α,β-unsaturated/α-hetero) is 2. The number of hydrogen-bond donors (Lipinski definition) is 2. The number of amides is 1. The van der Waals surface area contributed by atoms with Crippen LogP contribution < -0.4 is 11.1 Å². The summed E-state index contributed by atoms with van der Waals surface area (Å²) in [5.74, 6) is -0.702. The fraction of sp³-hybridized carbons (Fsp3) is 0.700. The molecule has 1 saturated carbocycles. The van der Waals surface area contributed by atoms with E-state index in [1.54, 1.807) is 0 Å². The van der Waals surface area contributed by atoms with Crippen LogP contribution in [0.2, 0.25) is 0 Å². The molecule has 1 aliphatic carbocycles.